The number of carbonyl (C=O) groups is 1. The Labute approximate surface area is 112 Å². The fourth-order valence-electron chi connectivity index (χ4n) is 2.44. The van der Waals surface area contributed by atoms with Gasteiger partial charge in [-0.15, -0.1) is 0 Å². The molecule has 2 aliphatic rings. The number of nitrogens with one attached hydrogen (secondary N) is 1. The molecular weight excluding hydrogens is 275 g/mol. The number of nitrogens with zero attached hydrogens (tertiary/aromatic N) is 4. The van der Waals surface area contributed by atoms with Gasteiger partial charge in [-0.1, -0.05) is 0 Å². The van der Waals surface area contributed by atoms with Gasteiger partial charge in [0.05, 0.1) is 6.20 Å². The van der Waals surface area contributed by atoms with Gasteiger partial charge in [0.15, 0.2) is 17.3 Å². The first-order valence-corrected chi connectivity index (χ1v) is 6.09. The number of hydrogen-bond donors (Lipinski definition) is 1. The highest BCUT2D eigenvalue weighted by atomic mass is 19.4. The molecule has 1 aromatic heterocycles. The lowest BCUT2D eigenvalue weighted by Crippen LogP contribution is -2.61. The van der Waals surface area contributed by atoms with Gasteiger partial charge in [0.25, 0.3) is 5.91 Å². The SMILES string of the molecule is CN1C(=O)[C@H]2CNCCN2c2ncc(C(F)(F)F)nc21. The molecule has 1 fully saturated rings. The molecule has 1 N–H and O–H groups in total. The van der Waals surface area contributed by atoms with Crippen LogP contribution in [0, 0.1) is 0 Å². The lowest BCUT2D eigenvalue weighted by atomic mass is 10.1. The second-order valence-corrected chi connectivity index (χ2v) is 4.71. The third kappa shape index (κ3) is 1.89. The Morgan fingerprint density at radius 3 is 2.85 bits per heavy atom. The van der Waals surface area contributed by atoms with Crippen molar-refractivity contribution in [2.75, 3.05) is 36.5 Å². The van der Waals surface area contributed by atoms with E-state index in [9.17, 15) is 18.0 Å². The average molecular weight is 287 g/mol. The lowest BCUT2D eigenvalue weighted by molar-refractivity contribution is -0.141. The van der Waals surface area contributed by atoms with E-state index in [4.69, 9.17) is 0 Å². The highest BCUT2D eigenvalue weighted by Crippen LogP contribution is 2.35. The minimum atomic E-state index is -4.58. The Hall–Kier alpha value is -1.90. The molecule has 0 aliphatic carbocycles. The molecule has 1 saturated heterocycles. The monoisotopic (exact) mass is 287 g/mol. The second-order valence-electron chi connectivity index (χ2n) is 4.71. The number of piperazine rings is 1. The van der Waals surface area contributed by atoms with Crippen LogP contribution in [-0.4, -0.2) is 48.6 Å². The predicted molar refractivity (Wildman–Crippen MR) is 64.4 cm³/mol. The zero-order chi connectivity index (χ0) is 14.5. The van der Waals surface area contributed by atoms with Crippen molar-refractivity contribution in [1.82, 2.24) is 15.3 Å². The summed E-state index contributed by atoms with van der Waals surface area (Å²) in [6, 6.07) is -0.438. The zero-order valence-electron chi connectivity index (χ0n) is 10.6. The van der Waals surface area contributed by atoms with Crippen molar-refractivity contribution in [3.8, 4) is 0 Å². The topological polar surface area (TPSA) is 61.4 Å². The number of halogens is 3. The Morgan fingerprint density at radius 1 is 1.40 bits per heavy atom. The van der Waals surface area contributed by atoms with Gasteiger partial charge in [-0.2, -0.15) is 13.2 Å². The summed E-state index contributed by atoms with van der Waals surface area (Å²) >= 11 is 0. The maximum Gasteiger partial charge on any atom is 0.434 e. The number of hydrogen-bond acceptors (Lipinski definition) is 5. The van der Waals surface area contributed by atoms with E-state index in [1.54, 1.807) is 4.90 Å². The number of alkyl halides is 3. The van der Waals surface area contributed by atoms with E-state index in [1.165, 1.54) is 7.05 Å². The highest BCUT2D eigenvalue weighted by Gasteiger charge is 2.42. The summed E-state index contributed by atoms with van der Waals surface area (Å²) in [7, 11) is 1.42. The van der Waals surface area contributed by atoms with Gasteiger partial charge in [-0.25, -0.2) is 9.97 Å². The van der Waals surface area contributed by atoms with E-state index in [0.717, 1.165) is 4.90 Å². The van der Waals surface area contributed by atoms with Gasteiger partial charge >= 0.3 is 6.18 Å². The van der Waals surface area contributed by atoms with Gasteiger partial charge in [0, 0.05) is 26.7 Å². The third-order valence-corrected chi connectivity index (χ3v) is 3.47. The van der Waals surface area contributed by atoms with Gasteiger partial charge < -0.3 is 10.2 Å². The first-order valence-electron chi connectivity index (χ1n) is 6.09. The van der Waals surface area contributed by atoms with E-state index < -0.39 is 17.9 Å². The minimum Gasteiger partial charge on any atom is -0.339 e. The minimum absolute atomic E-state index is 0.0389. The molecule has 1 atom stereocenters. The standard InChI is InChI=1S/C11H12F3N5O/c1-18-9-8(16-5-7(17-9)11(12,13)14)19-3-2-15-4-6(19)10(18)20/h5-6,15H,2-4H2,1H3/t6-/m1/s1. The summed E-state index contributed by atoms with van der Waals surface area (Å²) in [5.74, 6) is 0.00731. The van der Waals surface area contributed by atoms with E-state index in [-0.39, 0.29) is 11.7 Å². The van der Waals surface area contributed by atoms with Gasteiger partial charge in [-0.05, 0) is 0 Å². The van der Waals surface area contributed by atoms with Crippen LogP contribution in [0.15, 0.2) is 6.20 Å². The first kappa shape index (κ1) is 13.1. The van der Waals surface area contributed by atoms with Crippen molar-refractivity contribution in [2.24, 2.45) is 0 Å². The summed E-state index contributed by atoms with van der Waals surface area (Å²) in [6.07, 6.45) is -3.87. The van der Waals surface area contributed by atoms with Crippen LogP contribution in [0.2, 0.25) is 0 Å². The third-order valence-electron chi connectivity index (χ3n) is 3.47. The summed E-state index contributed by atoms with van der Waals surface area (Å²) in [5, 5.41) is 3.08. The number of likely N-dealkylation sites (N-methyl/N-ethyl adjacent to an activating group) is 1. The van der Waals surface area contributed by atoms with Crippen molar-refractivity contribution in [2.45, 2.75) is 12.2 Å². The number of fused-ring (bicyclic) bond motifs is 3. The molecule has 0 spiro atoms. The molecule has 1 aromatic rings. The molecule has 6 nitrogen and oxygen atoms in total. The summed E-state index contributed by atoms with van der Waals surface area (Å²) in [5.41, 5.74) is -1.09. The van der Waals surface area contributed by atoms with E-state index in [2.05, 4.69) is 15.3 Å². The van der Waals surface area contributed by atoms with Crippen molar-refractivity contribution in [1.29, 1.82) is 0 Å². The molecule has 9 heteroatoms. The molecule has 0 radical (unpaired) electrons. The number of aromatic nitrogens is 2. The largest absolute Gasteiger partial charge is 0.434 e. The van der Waals surface area contributed by atoms with Crippen LogP contribution < -0.4 is 15.1 Å². The fraction of sp³-hybridized carbons (Fsp3) is 0.545. The van der Waals surface area contributed by atoms with Crippen molar-refractivity contribution >= 4 is 17.5 Å². The summed E-state index contributed by atoms with van der Waals surface area (Å²) in [6.45, 7) is 1.61. The quantitative estimate of drug-likeness (QED) is 0.741. The molecule has 3 rings (SSSR count). The van der Waals surface area contributed by atoms with Crippen LogP contribution in [0.25, 0.3) is 0 Å². The Balaban J connectivity index is 2.09. The zero-order valence-corrected chi connectivity index (χ0v) is 10.6. The first-order chi connectivity index (χ1) is 9.39. The van der Waals surface area contributed by atoms with Gasteiger partial charge in [0.1, 0.15) is 6.04 Å². The summed E-state index contributed by atoms with van der Waals surface area (Å²) < 4.78 is 38.1. The lowest BCUT2D eigenvalue weighted by Gasteiger charge is -2.42. The van der Waals surface area contributed by atoms with Crippen molar-refractivity contribution < 1.29 is 18.0 Å². The molecule has 0 unspecified atom stereocenters. The molecule has 1 amide bonds. The maximum atomic E-state index is 12.7. The fourth-order valence-corrected chi connectivity index (χ4v) is 2.44. The number of anilines is 2. The molecule has 20 heavy (non-hydrogen) atoms. The van der Waals surface area contributed by atoms with E-state index >= 15 is 0 Å². The molecule has 0 aromatic carbocycles. The van der Waals surface area contributed by atoms with Crippen LogP contribution >= 0.6 is 0 Å². The number of carbonyl (C=O) groups excluding carboxylic acids is 1. The van der Waals surface area contributed by atoms with Crippen LogP contribution in [0.5, 0.6) is 0 Å². The molecule has 2 aliphatic heterocycles. The Bertz CT molecular complexity index is 561. The van der Waals surface area contributed by atoms with Crippen LogP contribution in [0.1, 0.15) is 5.69 Å². The van der Waals surface area contributed by atoms with Crippen LogP contribution in [0.3, 0.4) is 0 Å². The maximum absolute atomic E-state index is 12.7. The Kier molecular flexibility index (Phi) is 2.82. The number of rotatable bonds is 0. The van der Waals surface area contributed by atoms with E-state index in [0.29, 0.717) is 31.6 Å². The summed E-state index contributed by atoms with van der Waals surface area (Å²) in [4.78, 5) is 22.5. The second kappa shape index (κ2) is 4.30. The van der Waals surface area contributed by atoms with Gasteiger partial charge in [-0.3, -0.25) is 9.69 Å². The van der Waals surface area contributed by atoms with Crippen molar-refractivity contribution in [3.05, 3.63) is 11.9 Å². The number of amides is 1. The molecular formula is C11H12F3N5O. The highest BCUT2D eigenvalue weighted by molar-refractivity contribution is 6.03. The average Bonchev–Trinajstić information content (AvgIpc) is 2.43. The van der Waals surface area contributed by atoms with Crippen LogP contribution in [0.4, 0.5) is 24.8 Å². The van der Waals surface area contributed by atoms with Crippen LogP contribution in [-0.2, 0) is 11.0 Å². The van der Waals surface area contributed by atoms with Gasteiger partial charge in [0.2, 0.25) is 0 Å². The molecule has 0 saturated carbocycles. The molecule has 3 heterocycles. The Morgan fingerprint density at radius 2 is 2.15 bits per heavy atom. The normalized spacial score (nSPS) is 22.6. The predicted octanol–water partition coefficient (Wildman–Crippen LogP) is 0.250. The smallest absolute Gasteiger partial charge is 0.339 e. The molecule has 108 valence electrons. The van der Waals surface area contributed by atoms with E-state index in [1.807, 2.05) is 0 Å². The van der Waals surface area contributed by atoms with Crippen molar-refractivity contribution in [3.63, 3.8) is 0 Å². The molecule has 0 bridgehead atoms.